The summed E-state index contributed by atoms with van der Waals surface area (Å²) in [6, 6.07) is 3.68. The van der Waals surface area contributed by atoms with Crippen LogP contribution >= 0.6 is 0 Å². The maximum absolute atomic E-state index is 14.0. The number of hydrogen-bond acceptors (Lipinski definition) is 1. The molecule has 1 nitrogen and oxygen atoms in total. The van der Waals surface area contributed by atoms with Crippen molar-refractivity contribution in [2.45, 2.75) is 19.5 Å². The normalized spacial score (nSPS) is 19.1. The Bertz CT molecular complexity index is 388. The third-order valence-corrected chi connectivity index (χ3v) is 3.22. The summed E-state index contributed by atoms with van der Waals surface area (Å²) in [5, 5.41) is 0. The molecular weight excluding hydrogens is 227 g/mol. The molecule has 17 heavy (non-hydrogen) atoms. The molecule has 1 aromatic rings. The van der Waals surface area contributed by atoms with Crippen LogP contribution in [-0.4, -0.2) is 24.5 Å². The molecule has 1 unspecified atom stereocenters. The molecule has 0 aromatic heterocycles. The van der Waals surface area contributed by atoms with Gasteiger partial charge in [-0.3, -0.25) is 0 Å². The van der Waals surface area contributed by atoms with E-state index in [1.165, 1.54) is 12.1 Å². The number of nitrogens with zero attached hydrogens (tertiary/aromatic N) is 1. The first-order valence-corrected chi connectivity index (χ1v) is 5.93. The zero-order chi connectivity index (χ0) is 12.4. The molecule has 0 saturated carbocycles. The van der Waals surface area contributed by atoms with Crippen LogP contribution in [0.25, 0.3) is 0 Å². The summed E-state index contributed by atoms with van der Waals surface area (Å²) < 4.78 is 40.4. The van der Waals surface area contributed by atoms with Crippen LogP contribution < -0.4 is 0 Å². The highest BCUT2D eigenvalue weighted by atomic mass is 19.2. The van der Waals surface area contributed by atoms with Gasteiger partial charge in [0, 0.05) is 24.6 Å². The van der Waals surface area contributed by atoms with Crippen LogP contribution in [0.5, 0.6) is 0 Å². The quantitative estimate of drug-likeness (QED) is 0.784. The predicted octanol–water partition coefficient (Wildman–Crippen LogP) is 3.32. The molecule has 2 rings (SSSR count). The van der Waals surface area contributed by atoms with Crippen molar-refractivity contribution in [3.63, 3.8) is 0 Å². The van der Waals surface area contributed by atoms with Crippen LogP contribution in [0.4, 0.5) is 13.2 Å². The van der Waals surface area contributed by atoms with Crippen molar-refractivity contribution in [2.75, 3.05) is 19.6 Å². The summed E-state index contributed by atoms with van der Waals surface area (Å²) in [6.45, 7) is 4.26. The Balaban J connectivity index is 2.01. The maximum Gasteiger partial charge on any atom is 0.164 e. The van der Waals surface area contributed by atoms with Gasteiger partial charge in [-0.15, -0.1) is 0 Å². The fourth-order valence-electron chi connectivity index (χ4n) is 2.28. The van der Waals surface area contributed by atoms with Gasteiger partial charge < -0.3 is 4.90 Å². The van der Waals surface area contributed by atoms with E-state index in [1.807, 2.05) is 0 Å². The smallest absolute Gasteiger partial charge is 0.164 e. The highest BCUT2D eigenvalue weighted by molar-refractivity contribution is 5.22. The van der Waals surface area contributed by atoms with Crippen molar-refractivity contribution in [1.82, 2.24) is 4.90 Å². The van der Waals surface area contributed by atoms with Gasteiger partial charge in [-0.1, -0.05) is 19.1 Å². The molecule has 0 N–H and O–H groups in total. The van der Waals surface area contributed by atoms with Crippen LogP contribution in [0.2, 0.25) is 0 Å². The maximum atomic E-state index is 14.0. The molecule has 0 radical (unpaired) electrons. The Hall–Kier alpha value is -1.03. The van der Waals surface area contributed by atoms with E-state index in [1.54, 1.807) is 0 Å². The van der Waals surface area contributed by atoms with Crippen LogP contribution in [0.1, 0.15) is 25.1 Å². The highest BCUT2D eigenvalue weighted by Gasteiger charge is 2.35. The molecule has 1 heterocycles. The number of hydrogen-bond donors (Lipinski definition) is 0. The topological polar surface area (TPSA) is 3.24 Å². The van der Waals surface area contributed by atoms with E-state index < -0.39 is 17.8 Å². The van der Waals surface area contributed by atoms with E-state index >= 15 is 0 Å². The predicted molar refractivity (Wildman–Crippen MR) is 60.4 cm³/mol. The zero-order valence-electron chi connectivity index (χ0n) is 9.80. The second kappa shape index (κ2) is 5.08. The number of halogens is 3. The lowest BCUT2D eigenvalue weighted by Crippen LogP contribution is -2.48. The fraction of sp³-hybridized carbons (Fsp3) is 0.538. The van der Waals surface area contributed by atoms with Gasteiger partial charge in [0.2, 0.25) is 0 Å². The summed E-state index contributed by atoms with van der Waals surface area (Å²) in [5.74, 6) is -2.23. The van der Waals surface area contributed by atoms with Crippen LogP contribution in [-0.2, 0) is 0 Å². The average Bonchev–Trinajstić information content (AvgIpc) is 2.26. The SMILES string of the molecule is CCCN1CC(C(F)c2cccc(F)c2F)C1. The third kappa shape index (κ3) is 2.46. The van der Waals surface area contributed by atoms with Gasteiger partial charge in [-0.25, -0.2) is 13.2 Å². The van der Waals surface area contributed by atoms with Crippen molar-refractivity contribution in [3.8, 4) is 0 Å². The molecule has 0 spiro atoms. The highest BCUT2D eigenvalue weighted by Crippen LogP contribution is 2.34. The summed E-state index contributed by atoms with van der Waals surface area (Å²) >= 11 is 0. The average molecular weight is 243 g/mol. The minimum absolute atomic E-state index is 0.147. The Morgan fingerprint density at radius 1 is 1.35 bits per heavy atom. The monoisotopic (exact) mass is 243 g/mol. The van der Waals surface area contributed by atoms with Crippen molar-refractivity contribution in [1.29, 1.82) is 0 Å². The molecule has 1 atom stereocenters. The standard InChI is InChI=1S/C13H16F3N/c1-2-6-17-7-9(8-17)12(15)10-4-3-5-11(14)13(10)16/h3-5,9,12H,2,6-8H2,1H3. The summed E-state index contributed by atoms with van der Waals surface area (Å²) in [5.41, 5.74) is -0.147. The molecule has 0 amide bonds. The first-order chi connectivity index (χ1) is 8.13. The minimum Gasteiger partial charge on any atom is -0.302 e. The van der Waals surface area contributed by atoms with E-state index in [0.29, 0.717) is 13.1 Å². The molecule has 1 saturated heterocycles. The number of alkyl halides is 1. The van der Waals surface area contributed by atoms with Crippen LogP contribution in [0, 0.1) is 17.6 Å². The van der Waals surface area contributed by atoms with E-state index in [9.17, 15) is 13.2 Å². The Morgan fingerprint density at radius 2 is 2.06 bits per heavy atom. The van der Waals surface area contributed by atoms with Gasteiger partial charge in [-0.05, 0) is 19.0 Å². The van der Waals surface area contributed by atoms with Crippen molar-refractivity contribution in [2.24, 2.45) is 5.92 Å². The lowest BCUT2D eigenvalue weighted by molar-refractivity contribution is 0.0369. The second-order valence-electron chi connectivity index (χ2n) is 4.56. The van der Waals surface area contributed by atoms with Crippen molar-refractivity contribution < 1.29 is 13.2 Å². The van der Waals surface area contributed by atoms with E-state index in [0.717, 1.165) is 19.0 Å². The van der Waals surface area contributed by atoms with Gasteiger partial charge in [0.1, 0.15) is 6.17 Å². The van der Waals surface area contributed by atoms with E-state index in [4.69, 9.17) is 0 Å². The molecule has 1 fully saturated rings. The van der Waals surface area contributed by atoms with Crippen LogP contribution in [0.15, 0.2) is 18.2 Å². The fourth-order valence-corrected chi connectivity index (χ4v) is 2.28. The minimum atomic E-state index is -1.40. The van der Waals surface area contributed by atoms with E-state index in [-0.39, 0.29) is 11.5 Å². The summed E-state index contributed by atoms with van der Waals surface area (Å²) in [4.78, 5) is 2.12. The Kier molecular flexibility index (Phi) is 3.72. The van der Waals surface area contributed by atoms with Crippen molar-refractivity contribution >= 4 is 0 Å². The van der Waals surface area contributed by atoms with Gasteiger partial charge in [0.25, 0.3) is 0 Å². The molecule has 0 aliphatic carbocycles. The Morgan fingerprint density at radius 3 is 2.71 bits per heavy atom. The molecule has 1 aliphatic heterocycles. The third-order valence-electron chi connectivity index (χ3n) is 3.22. The first-order valence-electron chi connectivity index (χ1n) is 5.93. The zero-order valence-corrected chi connectivity index (χ0v) is 9.80. The molecule has 1 aliphatic rings. The molecule has 1 aromatic carbocycles. The second-order valence-corrected chi connectivity index (χ2v) is 4.56. The number of rotatable bonds is 4. The lowest BCUT2D eigenvalue weighted by Gasteiger charge is -2.40. The molecular formula is C13H16F3N. The van der Waals surface area contributed by atoms with Crippen molar-refractivity contribution in [3.05, 3.63) is 35.4 Å². The summed E-state index contributed by atoms with van der Waals surface area (Å²) in [6.07, 6.45) is -0.378. The molecule has 4 heteroatoms. The van der Waals surface area contributed by atoms with Gasteiger partial charge in [0.05, 0.1) is 0 Å². The van der Waals surface area contributed by atoms with Gasteiger partial charge in [0.15, 0.2) is 11.6 Å². The number of likely N-dealkylation sites (tertiary alicyclic amines) is 1. The molecule has 94 valence electrons. The first kappa shape index (κ1) is 12.4. The van der Waals surface area contributed by atoms with Crippen LogP contribution in [0.3, 0.4) is 0 Å². The number of benzene rings is 1. The molecule has 0 bridgehead atoms. The lowest BCUT2D eigenvalue weighted by atomic mass is 9.90. The van der Waals surface area contributed by atoms with Gasteiger partial charge >= 0.3 is 0 Å². The van der Waals surface area contributed by atoms with E-state index in [2.05, 4.69) is 11.8 Å². The Labute approximate surface area is 99.2 Å². The largest absolute Gasteiger partial charge is 0.302 e. The van der Waals surface area contributed by atoms with Gasteiger partial charge in [-0.2, -0.15) is 0 Å². The summed E-state index contributed by atoms with van der Waals surface area (Å²) in [7, 11) is 0.